The van der Waals surface area contributed by atoms with Gasteiger partial charge in [0.1, 0.15) is 0 Å². The summed E-state index contributed by atoms with van der Waals surface area (Å²) >= 11 is 0. The normalized spacial score (nSPS) is 11.3. The van der Waals surface area contributed by atoms with Crippen molar-refractivity contribution in [3.63, 3.8) is 0 Å². The summed E-state index contributed by atoms with van der Waals surface area (Å²) < 4.78 is 2.06. The van der Waals surface area contributed by atoms with Crippen LogP contribution in [-0.4, -0.2) is 0 Å². The summed E-state index contributed by atoms with van der Waals surface area (Å²) in [7, 11) is 0. The van der Waals surface area contributed by atoms with E-state index in [9.17, 15) is 4.91 Å². The molecule has 2 rings (SSSR count). The van der Waals surface area contributed by atoms with Gasteiger partial charge in [-0.3, -0.25) is 0 Å². The maximum Gasteiger partial charge on any atom is 0.206 e. The maximum absolute atomic E-state index is 10.5. The summed E-state index contributed by atoms with van der Waals surface area (Å²) in [5, 5.41) is 2.98. The Labute approximate surface area is 120 Å². The maximum atomic E-state index is 10.5. The van der Waals surface area contributed by atoms with E-state index in [-0.39, 0.29) is 12.0 Å². The average molecular weight is 269 g/mol. The largest absolute Gasteiger partial charge is 0.206 e. The van der Waals surface area contributed by atoms with Crippen LogP contribution in [0.1, 0.15) is 37.6 Å². The van der Waals surface area contributed by atoms with Crippen molar-refractivity contribution < 1.29 is 4.57 Å². The summed E-state index contributed by atoms with van der Waals surface area (Å²) in [6.45, 7) is 7.60. The van der Waals surface area contributed by atoms with E-state index in [2.05, 4.69) is 54.8 Å². The van der Waals surface area contributed by atoms with Crippen LogP contribution in [0.15, 0.2) is 53.8 Å². The summed E-state index contributed by atoms with van der Waals surface area (Å²) in [6, 6.07) is 14.5. The number of nitrogens with zero attached hydrogens (tertiary/aromatic N) is 2. The molecule has 0 aliphatic heterocycles. The number of benzene rings is 1. The van der Waals surface area contributed by atoms with Crippen molar-refractivity contribution in [1.29, 1.82) is 0 Å². The zero-order valence-electron chi connectivity index (χ0n) is 12.3. The van der Waals surface area contributed by atoms with Gasteiger partial charge in [-0.25, -0.2) is 0 Å². The Bertz CT molecular complexity index is 583. The first-order valence-corrected chi connectivity index (χ1v) is 6.86. The molecule has 1 aromatic carbocycles. The van der Waals surface area contributed by atoms with Gasteiger partial charge in [0.15, 0.2) is 19.3 Å². The van der Waals surface area contributed by atoms with Crippen molar-refractivity contribution in [2.24, 2.45) is 5.18 Å². The number of pyridine rings is 1. The van der Waals surface area contributed by atoms with Crippen molar-refractivity contribution in [2.75, 3.05) is 0 Å². The Morgan fingerprint density at radius 1 is 1.05 bits per heavy atom. The lowest BCUT2D eigenvalue weighted by Crippen LogP contribution is -2.38. The first-order chi connectivity index (χ1) is 9.50. The van der Waals surface area contributed by atoms with Crippen LogP contribution in [0, 0.1) is 4.91 Å². The van der Waals surface area contributed by atoms with E-state index in [1.165, 1.54) is 11.1 Å². The fraction of sp³-hybridized carbons (Fsp3) is 0.353. The number of aromatic nitrogens is 1. The standard InChI is InChI=1S/C17H21N2O/c1-17(2,3)15-9-7-14(8-10-15)13-19-11-5-4-6-16(19)12-18-20/h4-11H,12-13H2,1-3H3/q+1. The van der Waals surface area contributed by atoms with Gasteiger partial charge < -0.3 is 0 Å². The van der Waals surface area contributed by atoms with Crippen molar-refractivity contribution in [3.05, 3.63) is 70.4 Å². The molecule has 0 fully saturated rings. The van der Waals surface area contributed by atoms with Crippen LogP contribution >= 0.6 is 0 Å². The van der Waals surface area contributed by atoms with Gasteiger partial charge in [-0.1, -0.05) is 56.3 Å². The molecule has 0 radical (unpaired) electrons. The third kappa shape index (κ3) is 3.50. The second-order valence-corrected chi connectivity index (χ2v) is 6.05. The Morgan fingerprint density at radius 3 is 2.35 bits per heavy atom. The molecule has 0 bridgehead atoms. The van der Waals surface area contributed by atoms with Gasteiger partial charge in [0.2, 0.25) is 5.69 Å². The van der Waals surface area contributed by atoms with Gasteiger partial charge >= 0.3 is 0 Å². The molecule has 0 aliphatic rings. The van der Waals surface area contributed by atoms with E-state index in [0.717, 1.165) is 12.2 Å². The Morgan fingerprint density at radius 2 is 1.75 bits per heavy atom. The predicted octanol–water partition coefficient (Wildman–Crippen LogP) is 3.59. The molecule has 1 aromatic heterocycles. The molecule has 3 heteroatoms. The van der Waals surface area contributed by atoms with Gasteiger partial charge in [-0.05, 0) is 11.0 Å². The first-order valence-electron chi connectivity index (χ1n) is 6.86. The van der Waals surface area contributed by atoms with Crippen LogP contribution in [0.25, 0.3) is 0 Å². The quantitative estimate of drug-likeness (QED) is 0.617. The molecule has 0 spiro atoms. The second kappa shape index (κ2) is 5.95. The van der Waals surface area contributed by atoms with E-state index < -0.39 is 0 Å². The molecule has 20 heavy (non-hydrogen) atoms. The molecular formula is C17H21N2O+. The molecule has 0 saturated heterocycles. The molecule has 0 unspecified atom stereocenters. The van der Waals surface area contributed by atoms with Gasteiger partial charge in [0.25, 0.3) is 0 Å². The summed E-state index contributed by atoms with van der Waals surface area (Å²) in [5.41, 5.74) is 3.66. The van der Waals surface area contributed by atoms with Crippen molar-refractivity contribution in [2.45, 2.75) is 39.3 Å². The fourth-order valence-corrected chi connectivity index (χ4v) is 2.18. The summed E-state index contributed by atoms with van der Waals surface area (Å²) in [6.07, 6.45) is 1.98. The first kappa shape index (κ1) is 14.4. The summed E-state index contributed by atoms with van der Waals surface area (Å²) in [4.78, 5) is 10.5. The van der Waals surface area contributed by atoms with Crippen LogP contribution in [0.4, 0.5) is 0 Å². The smallest absolute Gasteiger partial charge is 0.196 e. The third-order valence-electron chi connectivity index (χ3n) is 3.43. The zero-order chi connectivity index (χ0) is 14.6. The highest BCUT2D eigenvalue weighted by molar-refractivity contribution is 5.27. The van der Waals surface area contributed by atoms with E-state index in [0.29, 0.717) is 0 Å². The van der Waals surface area contributed by atoms with Gasteiger partial charge in [-0.2, -0.15) is 9.47 Å². The van der Waals surface area contributed by atoms with Crippen LogP contribution in [0.2, 0.25) is 0 Å². The second-order valence-electron chi connectivity index (χ2n) is 6.05. The topological polar surface area (TPSA) is 33.3 Å². The van der Waals surface area contributed by atoms with E-state index in [1.54, 1.807) is 0 Å². The van der Waals surface area contributed by atoms with E-state index in [4.69, 9.17) is 0 Å². The monoisotopic (exact) mass is 269 g/mol. The highest BCUT2D eigenvalue weighted by atomic mass is 16.3. The average Bonchev–Trinajstić information content (AvgIpc) is 2.41. The third-order valence-corrected chi connectivity index (χ3v) is 3.43. The SMILES string of the molecule is CC(C)(C)c1ccc(C[n+]2ccccc2CN=O)cc1. The van der Waals surface area contributed by atoms with Crippen LogP contribution in [0.5, 0.6) is 0 Å². The molecule has 0 amide bonds. The van der Waals surface area contributed by atoms with E-state index in [1.807, 2.05) is 24.4 Å². The van der Waals surface area contributed by atoms with Gasteiger partial charge in [-0.15, -0.1) is 0 Å². The minimum atomic E-state index is 0.172. The minimum Gasteiger partial charge on any atom is -0.196 e. The Hall–Kier alpha value is -2.03. The van der Waals surface area contributed by atoms with Gasteiger partial charge in [0, 0.05) is 17.7 Å². The predicted molar refractivity (Wildman–Crippen MR) is 80.4 cm³/mol. The van der Waals surface area contributed by atoms with E-state index >= 15 is 0 Å². The van der Waals surface area contributed by atoms with Crippen molar-refractivity contribution >= 4 is 0 Å². The Balaban J connectivity index is 2.20. The lowest BCUT2D eigenvalue weighted by molar-refractivity contribution is -0.695. The number of hydrogen-bond acceptors (Lipinski definition) is 2. The molecular weight excluding hydrogens is 248 g/mol. The van der Waals surface area contributed by atoms with Gasteiger partial charge in [0.05, 0.1) is 0 Å². The van der Waals surface area contributed by atoms with Crippen LogP contribution in [-0.2, 0) is 18.5 Å². The molecule has 104 valence electrons. The van der Waals surface area contributed by atoms with Crippen LogP contribution < -0.4 is 4.57 Å². The lowest BCUT2D eigenvalue weighted by Gasteiger charge is -2.18. The molecule has 1 heterocycles. The van der Waals surface area contributed by atoms with Crippen molar-refractivity contribution in [1.82, 2.24) is 0 Å². The number of nitroso groups, excluding NO2 is 1. The lowest BCUT2D eigenvalue weighted by atomic mass is 9.87. The highest BCUT2D eigenvalue weighted by Crippen LogP contribution is 2.22. The molecule has 3 nitrogen and oxygen atoms in total. The fourth-order valence-electron chi connectivity index (χ4n) is 2.18. The number of hydrogen-bond donors (Lipinski definition) is 0. The van der Waals surface area contributed by atoms with Crippen LogP contribution in [0.3, 0.4) is 0 Å². The minimum absolute atomic E-state index is 0.172. The molecule has 0 atom stereocenters. The highest BCUT2D eigenvalue weighted by Gasteiger charge is 2.14. The zero-order valence-corrected chi connectivity index (χ0v) is 12.3. The molecule has 0 aliphatic carbocycles. The summed E-state index contributed by atoms with van der Waals surface area (Å²) in [5.74, 6) is 0. The Kier molecular flexibility index (Phi) is 4.28. The molecule has 2 aromatic rings. The number of rotatable bonds is 4. The molecule has 0 N–H and O–H groups in total. The molecule has 0 saturated carbocycles. The van der Waals surface area contributed by atoms with Crippen molar-refractivity contribution in [3.8, 4) is 0 Å².